The number of hydrogen-bond donors (Lipinski definition) is 2. The summed E-state index contributed by atoms with van der Waals surface area (Å²) in [6.45, 7) is 4.73. The molecule has 1 aliphatic rings. The van der Waals surface area contributed by atoms with Gasteiger partial charge in [-0.25, -0.2) is 0 Å². The number of rotatable bonds is 4. The van der Waals surface area contributed by atoms with Crippen LogP contribution in [0.2, 0.25) is 0 Å². The van der Waals surface area contributed by atoms with E-state index in [0.717, 1.165) is 32.5 Å². The monoisotopic (exact) mass is 159 g/mol. The molecule has 66 valence electrons. The molecule has 11 heavy (non-hydrogen) atoms. The average molecular weight is 159 g/mol. The summed E-state index contributed by atoms with van der Waals surface area (Å²) < 4.78 is 5.58. The van der Waals surface area contributed by atoms with Crippen molar-refractivity contribution in [2.75, 3.05) is 26.3 Å². The van der Waals surface area contributed by atoms with Gasteiger partial charge in [0.2, 0.25) is 0 Å². The first kappa shape index (κ1) is 8.97. The van der Waals surface area contributed by atoms with Crippen molar-refractivity contribution >= 4 is 0 Å². The maximum absolute atomic E-state index is 9.08. The molecule has 1 atom stereocenters. The number of ether oxygens (including phenoxy) is 1. The maximum atomic E-state index is 9.08. The second-order valence-corrected chi connectivity index (χ2v) is 3.12. The topological polar surface area (TPSA) is 41.5 Å². The Labute approximate surface area is 67.7 Å². The van der Waals surface area contributed by atoms with Crippen molar-refractivity contribution in [3.05, 3.63) is 0 Å². The Kier molecular flexibility index (Phi) is 3.30. The van der Waals surface area contributed by atoms with Crippen LogP contribution in [0.15, 0.2) is 0 Å². The minimum absolute atomic E-state index is 0.139. The van der Waals surface area contributed by atoms with E-state index in [1.165, 1.54) is 0 Å². The zero-order valence-corrected chi connectivity index (χ0v) is 7.10. The van der Waals surface area contributed by atoms with Gasteiger partial charge in [0.05, 0.1) is 6.61 Å². The SMILES string of the molecule is CCCOC1(CO)CCNC1. The fraction of sp³-hybridized carbons (Fsp3) is 1.00. The lowest BCUT2D eigenvalue weighted by molar-refractivity contribution is -0.0650. The summed E-state index contributed by atoms with van der Waals surface area (Å²) in [6, 6.07) is 0. The minimum atomic E-state index is -0.268. The Balaban J connectivity index is 2.33. The first-order valence-electron chi connectivity index (χ1n) is 4.28. The zero-order chi connectivity index (χ0) is 8.16. The summed E-state index contributed by atoms with van der Waals surface area (Å²) in [4.78, 5) is 0. The summed E-state index contributed by atoms with van der Waals surface area (Å²) in [5, 5.41) is 12.3. The lowest BCUT2D eigenvalue weighted by Crippen LogP contribution is -2.39. The third-order valence-electron chi connectivity index (χ3n) is 2.11. The van der Waals surface area contributed by atoms with Gasteiger partial charge in [0, 0.05) is 13.2 Å². The van der Waals surface area contributed by atoms with Gasteiger partial charge in [-0.2, -0.15) is 0 Å². The van der Waals surface area contributed by atoms with E-state index in [4.69, 9.17) is 9.84 Å². The summed E-state index contributed by atoms with van der Waals surface area (Å²) in [5.74, 6) is 0. The summed E-state index contributed by atoms with van der Waals surface area (Å²) in [7, 11) is 0. The Bertz CT molecular complexity index is 111. The third-order valence-corrected chi connectivity index (χ3v) is 2.11. The van der Waals surface area contributed by atoms with Gasteiger partial charge in [0.1, 0.15) is 5.60 Å². The van der Waals surface area contributed by atoms with E-state index in [9.17, 15) is 0 Å². The third kappa shape index (κ3) is 2.15. The molecule has 3 nitrogen and oxygen atoms in total. The molecule has 0 aromatic rings. The fourth-order valence-electron chi connectivity index (χ4n) is 1.34. The molecule has 1 heterocycles. The van der Waals surface area contributed by atoms with E-state index >= 15 is 0 Å². The van der Waals surface area contributed by atoms with Crippen molar-refractivity contribution in [1.29, 1.82) is 0 Å². The van der Waals surface area contributed by atoms with Crippen LogP contribution in [0.25, 0.3) is 0 Å². The molecular weight excluding hydrogens is 142 g/mol. The molecule has 1 unspecified atom stereocenters. The van der Waals surface area contributed by atoms with Gasteiger partial charge in [0.25, 0.3) is 0 Å². The molecule has 0 radical (unpaired) electrons. The number of aliphatic hydroxyl groups is 1. The lowest BCUT2D eigenvalue weighted by atomic mass is 10.1. The first-order valence-corrected chi connectivity index (χ1v) is 4.28. The van der Waals surface area contributed by atoms with Crippen LogP contribution < -0.4 is 5.32 Å². The average Bonchev–Trinajstić information content (AvgIpc) is 2.50. The quantitative estimate of drug-likeness (QED) is 0.613. The van der Waals surface area contributed by atoms with Gasteiger partial charge in [-0.1, -0.05) is 6.92 Å². The summed E-state index contributed by atoms with van der Waals surface area (Å²) >= 11 is 0. The lowest BCUT2D eigenvalue weighted by Gasteiger charge is -2.25. The molecule has 3 heteroatoms. The summed E-state index contributed by atoms with van der Waals surface area (Å²) in [6.07, 6.45) is 1.95. The number of hydrogen-bond acceptors (Lipinski definition) is 3. The molecule has 0 aromatic heterocycles. The maximum Gasteiger partial charge on any atom is 0.105 e. The van der Waals surface area contributed by atoms with Crippen molar-refractivity contribution in [3.63, 3.8) is 0 Å². The Hall–Kier alpha value is -0.120. The van der Waals surface area contributed by atoms with Crippen LogP contribution in [0.5, 0.6) is 0 Å². The van der Waals surface area contributed by atoms with Gasteiger partial charge in [-0.3, -0.25) is 0 Å². The van der Waals surface area contributed by atoms with E-state index in [1.807, 2.05) is 0 Å². The van der Waals surface area contributed by atoms with Crippen LogP contribution in [0.3, 0.4) is 0 Å². The molecule has 1 aliphatic heterocycles. The smallest absolute Gasteiger partial charge is 0.105 e. The Morgan fingerprint density at radius 2 is 2.45 bits per heavy atom. The zero-order valence-electron chi connectivity index (χ0n) is 7.10. The molecule has 1 fully saturated rings. The van der Waals surface area contributed by atoms with Crippen molar-refractivity contribution in [2.45, 2.75) is 25.4 Å². The molecule has 0 spiro atoms. The highest BCUT2D eigenvalue weighted by Gasteiger charge is 2.33. The molecule has 0 saturated carbocycles. The predicted octanol–water partition coefficient (Wildman–Crippen LogP) is 0.137. The molecule has 0 bridgehead atoms. The van der Waals surface area contributed by atoms with Crippen LogP contribution >= 0.6 is 0 Å². The van der Waals surface area contributed by atoms with Crippen LogP contribution in [0, 0.1) is 0 Å². The van der Waals surface area contributed by atoms with Crippen LogP contribution in [0.1, 0.15) is 19.8 Å². The second-order valence-electron chi connectivity index (χ2n) is 3.12. The first-order chi connectivity index (χ1) is 5.33. The Morgan fingerprint density at radius 3 is 2.91 bits per heavy atom. The van der Waals surface area contributed by atoms with Crippen molar-refractivity contribution in [1.82, 2.24) is 5.32 Å². The van der Waals surface area contributed by atoms with E-state index in [1.54, 1.807) is 0 Å². The van der Waals surface area contributed by atoms with Gasteiger partial charge >= 0.3 is 0 Å². The van der Waals surface area contributed by atoms with Gasteiger partial charge in [-0.15, -0.1) is 0 Å². The highest BCUT2D eigenvalue weighted by atomic mass is 16.5. The Morgan fingerprint density at radius 1 is 1.64 bits per heavy atom. The normalized spacial score (nSPS) is 31.1. The van der Waals surface area contributed by atoms with E-state index < -0.39 is 0 Å². The van der Waals surface area contributed by atoms with E-state index in [2.05, 4.69) is 12.2 Å². The fourth-order valence-corrected chi connectivity index (χ4v) is 1.34. The van der Waals surface area contributed by atoms with Crippen molar-refractivity contribution in [2.24, 2.45) is 0 Å². The summed E-state index contributed by atoms with van der Waals surface area (Å²) in [5.41, 5.74) is -0.268. The second kappa shape index (κ2) is 4.04. The molecule has 1 saturated heterocycles. The van der Waals surface area contributed by atoms with Gasteiger partial charge in [0.15, 0.2) is 0 Å². The van der Waals surface area contributed by atoms with E-state index in [-0.39, 0.29) is 12.2 Å². The van der Waals surface area contributed by atoms with Crippen LogP contribution in [-0.2, 0) is 4.74 Å². The van der Waals surface area contributed by atoms with Gasteiger partial charge < -0.3 is 15.2 Å². The molecule has 0 aliphatic carbocycles. The minimum Gasteiger partial charge on any atom is -0.393 e. The predicted molar refractivity (Wildman–Crippen MR) is 43.5 cm³/mol. The van der Waals surface area contributed by atoms with Crippen molar-refractivity contribution in [3.8, 4) is 0 Å². The number of nitrogens with one attached hydrogen (secondary N) is 1. The van der Waals surface area contributed by atoms with Crippen molar-refractivity contribution < 1.29 is 9.84 Å². The molecule has 1 rings (SSSR count). The molecule has 0 aromatic carbocycles. The highest BCUT2D eigenvalue weighted by Crippen LogP contribution is 2.18. The standard InChI is InChI=1S/C8H17NO2/c1-2-5-11-8(7-10)3-4-9-6-8/h9-10H,2-7H2,1H3. The largest absolute Gasteiger partial charge is 0.393 e. The van der Waals surface area contributed by atoms with E-state index in [0.29, 0.717) is 0 Å². The molecule has 0 amide bonds. The van der Waals surface area contributed by atoms with Gasteiger partial charge in [-0.05, 0) is 19.4 Å². The molecule has 2 N–H and O–H groups in total. The number of aliphatic hydroxyl groups excluding tert-OH is 1. The van der Waals surface area contributed by atoms with Crippen LogP contribution in [-0.4, -0.2) is 37.0 Å². The molecular formula is C8H17NO2. The van der Waals surface area contributed by atoms with Crippen LogP contribution in [0.4, 0.5) is 0 Å². The highest BCUT2D eigenvalue weighted by molar-refractivity contribution is 4.89.